The summed E-state index contributed by atoms with van der Waals surface area (Å²) in [6, 6.07) is 0.938. The van der Waals surface area contributed by atoms with Gasteiger partial charge in [0.2, 0.25) is 17.7 Å². The molecule has 1 aliphatic rings. The molecule has 2 rings (SSSR count). The van der Waals surface area contributed by atoms with Crippen LogP contribution in [0.2, 0.25) is 0 Å². The molecule has 8 heteroatoms. The van der Waals surface area contributed by atoms with Gasteiger partial charge >= 0.3 is 0 Å². The quantitative estimate of drug-likeness (QED) is 0.816. The second-order valence-electron chi connectivity index (χ2n) is 4.30. The van der Waals surface area contributed by atoms with Crippen molar-refractivity contribution in [3.05, 3.63) is 16.4 Å². The van der Waals surface area contributed by atoms with E-state index in [9.17, 15) is 19.5 Å². The van der Waals surface area contributed by atoms with E-state index < -0.39 is 11.4 Å². The average molecular weight is 283 g/mol. The van der Waals surface area contributed by atoms with E-state index in [1.807, 2.05) is 0 Å². The van der Waals surface area contributed by atoms with E-state index in [0.29, 0.717) is 18.7 Å². The zero-order valence-corrected chi connectivity index (χ0v) is 11.1. The molecule has 19 heavy (non-hydrogen) atoms. The average Bonchev–Trinajstić information content (AvgIpc) is 2.66. The lowest BCUT2D eigenvalue weighted by atomic mass is 10.1. The first-order valence-corrected chi connectivity index (χ1v) is 6.68. The first-order chi connectivity index (χ1) is 8.95. The summed E-state index contributed by atoms with van der Waals surface area (Å²) in [6.07, 6.45) is 0.305. The Morgan fingerprint density at radius 1 is 1.63 bits per heavy atom. The van der Waals surface area contributed by atoms with Gasteiger partial charge < -0.3 is 5.11 Å². The van der Waals surface area contributed by atoms with Gasteiger partial charge in [-0.1, -0.05) is 11.8 Å². The van der Waals surface area contributed by atoms with Gasteiger partial charge in [0.25, 0.3) is 5.56 Å². The number of carbonyl (C=O) groups is 2. The third-order valence-electron chi connectivity index (χ3n) is 2.70. The molecule has 1 aliphatic heterocycles. The summed E-state index contributed by atoms with van der Waals surface area (Å²) in [5.41, 5.74) is -0.517. The molecule has 1 aromatic heterocycles. The standard InChI is InChI=1S/C11H13N3O4S/c1-6(15)19-5-7-2-10(18)14(4-7)11-12-8(16)3-9(17)13-11/h3,7H,2,4-5H2,1H3,(H2,12,13,16,17). The Morgan fingerprint density at radius 3 is 3.00 bits per heavy atom. The van der Waals surface area contributed by atoms with Crippen LogP contribution in [0.5, 0.6) is 5.88 Å². The van der Waals surface area contributed by atoms with Gasteiger partial charge in [-0.25, -0.2) is 0 Å². The molecule has 0 aliphatic carbocycles. The molecule has 0 radical (unpaired) electrons. The van der Waals surface area contributed by atoms with E-state index in [2.05, 4.69) is 9.97 Å². The van der Waals surface area contributed by atoms with Crippen LogP contribution in [-0.2, 0) is 9.59 Å². The van der Waals surface area contributed by atoms with Gasteiger partial charge in [0.15, 0.2) is 5.12 Å². The first kappa shape index (κ1) is 13.6. The smallest absolute Gasteiger partial charge is 0.256 e. The number of aromatic nitrogens is 2. The summed E-state index contributed by atoms with van der Waals surface area (Å²) in [5, 5.41) is 9.27. The van der Waals surface area contributed by atoms with Crippen molar-refractivity contribution >= 4 is 28.7 Å². The molecule has 2 heterocycles. The highest BCUT2D eigenvalue weighted by Gasteiger charge is 2.32. The van der Waals surface area contributed by atoms with Gasteiger partial charge in [0.05, 0.1) is 6.07 Å². The Hall–Kier alpha value is -1.83. The van der Waals surface area contributed by atoms with Crippen molar-refractivity contribution in [3.8, 4) is 5.88 Å². The number of rotatable bonds is 3. The molecule has 1 amide bonds. The number of hydrogen-bond acceptors (Lipinski definition) is 6. The molecule has 7 nitrogen and oxygen atoms in total. The molecule has 1 fully saturated rings. The summed E-state index contributed by atoms with van der Waals surface area (Å²) in [4.78, 5) is 41.4. The highest BCUT2D eigenvalue weighted by molar-refractivity contribution is 8.13. The van der Waals surface area contributed by atoms with E-state index in [0.717, 1.165) is 6.07 Å². The second kappa shape index (κ2) is 5.43. The molecule has 1 saturated heterocycles. The van der Waals surface area contributed by atoms with Crippen LogP contribution in [0, 0.1) is 5.92 Å². The monoisotopic (exact) mass is 283 g/mol. The predicted molar refractivity (Wildman–Crippen MR) is 70.1 cm³/mol. The molecule has 2 N–H and O–H groups in total. The van der Waals surface area contributed by atoms with Gasteiger partial charge in [0.1, 0.15) is 0 Å². The maximum absolute atomic E-state index is 11.8. The number of aromatic hydroxyl groups is 1. The molecule has 102 valence electrons. The van der Waals surface area contributed by atoms with Crippen LogP contribution in [0.15, 0.2) is 10.9 Å². The Morgan fingerprint density at radius 2 is 2.37 bits per heavy atom. The Balaban J connectivity index is 2.11. The highest BCUT2D eigenvalue weighted by atomic mass is 32.2. The van der Waals surface area contributed by atoms with Crippen LogP contribution in [-0.4, -0.2) is 38.4 Å². The van der Waals surface area contributed by atoms with Crippen LogP contribution in [0.1, 0.15) is 13.3 Å². The minimum absolute atomic E-state index is 0.00906. The van der Waals surface area contributed by atoms with E-state index >= 15 is 0 Å². The Bertz CT molecular complexity index is 571. The van der Waals surface area contributed by atoms with Crippen LogP contribution >= 0.6 is 11.8 Å². The number of nitrogens with one attached hydrogen (secondary N) is 1. The van der Waals surface area contributed by atoms with Crippen molar-refractivity contribution < 1.29 is 14.7 Å². The normalized spacial score (nSPS) is 18.9. The maximum atomic E-state index is 11.8. The number of aromatic amines is 1. The Labute approximate surface area is 113 Å². The second-order valence-corrected chi connectivity index (χ2v) is 5.50. The lowest BCUT2D eigenvalue weighted by molar-refractivity contribution is -0.117. The van der Waals surface area contributed by atoms with Crippen molar-refractivity contribution in [2.24, 2.45) is 5.92 Å². The molecule has 0 saturated carbocycles. The number of carbonyl (C=O) groups excluding carboxylic acids is 2. The van der Waals surface area contributed by atoms with Gasteiger partial charge in [-0.15, -0.1) is 0 Å². The third-order valence-corrected chi connectivity index (χ3v) is 3.74. The molecule has 0 aromatic carbocycles. The van der Waals surface area contributed by atoms with Gasteiger partial charge in [0, 0.05) is 25.6 Å². The summed E-state index contributed by atoms with van der Waals surface area (Å²) >= 11 is 1.17. The maximum Gasteiger partial charge on any atom is 0.256 e. The minimum Gasteiger partial charge on any atom is -0.493 e. The van der Waals surface area contributed by atoms with Crippen molar-refractivity contribution in [2.45, 2.75) is 13.3 Å². The predicted octanol–water partition coefficient (Wildman–Crippen LogP) is 0.108. The van der Waals surface area contributed by atoms with Crippen molar-refractivity contribution in [1.29, 1.82) is 0 Å². The fourth-order valence-electron chi connectivity index (χ4n) is 1.89. The number of anilines is 1. The minimum atomic E-state index is -0.517. The van der Waals surface area contributed by atoms with E-state index in [1.54, 1.807) is 0 Å². The third kappa shape index (κ3) is 3.34. The lowest BCUT2D eigenvalue weighted by Crippen LogP contribution is -2.28. The van der Waals surface area contributed by atoms with Crippen LogP contribution in [0.25, 0.3) is 0 Å². The SMILES string of the molecule is CC(=O)SCC1CC(=O)N(c2nc(O)cc(=O)[nH]2)C1. The largest absolute Gasteiger partial charge is 0.493 e. The zero-order chi connectivity index (χ0) is 14.0. The number of nitrogens with zero attached hydrogens (tertiary/aromatic N) is 2. The number of hydrogen-bond donors (Lipinski definition) is 2. The molecule has 1 atom stereocenters. The van der Waals surface area contributed by atoms with E-state index in [1.165, 1.54) is 23.6 Å². The molecule has 0 bridgehead atoms. The van der Waals surface area contributed by atoms with Crippen LogP contribution < -0.4 is 10.5 Å². The zero-order valence-electron chi connectivity index (χ0n) is 10.3. The van der Waals surface area contributed by atoms with Crippen LogP contribution in [0.3, 0.4) is 0 Å². The molecule has 1 unspecified atom stereocenters. The fraction of sp³-hybridized carbons (Fsp3) is 0.455. The number of amides is 1. The summed E-state index contributed by atoms with van der Waals surface area (Å²) in [7, 11) is 0. The molecule has 1 aromatic rings. The van der Waals surface area contributed by atoms with Crippen LogP contribution in [0.4, 0.5) is 5.95 Å². The van der Waals surface area contributed by atoms with E-state index in [-0.39, 0.29) is 22.9 Å². The van der Waals surface area contributed by atoms with E-state index in [4.69, 9.17) is 0 Å². The van der Waals surface area contributed by atoms with Crippen molar-refractivity contribution in [2.75, 3.05) is 17.2 Å². The van der Waals surface area contributed by atoms with Crippen molar-refractivity contribution in [1.82, 2.24) is 9.97 Å². The first-order valence-electron chi connectivity index (χ1n) is 5.70. The highest BCUT2D eigenvalue weighted by Crippen LogP contribution is 2.25. The molecular weight excluding hydrogens is 270 g/mol. The summed E-state index contributed by atoms with van der Waals surface area (Å²) in [5.74, 6) is 0.0380. The molecular formula is C11H13N3O4S. The van der Waals surface area contributed by atoms with Gasteiger partial charge in [-0.05, 0) is 5.92 Å². The topological polar surface area (TPSA) is 103 Å². The Kier molecular flexibility index (Phi) is 3.89. The number of thioether (sulfide) groups is 1. The van der Waals surface area contributed by atoms with Crippen molar-refractivity contribution in [3.63, 3.8) is 0 Å². The van der Waals surface area contributed by atoms with Gasteiger partial charge in [-0.3, -0.25) is 24.3 Å². The summed E-state index contributed by atoms with van der Waals surface area (Å²) < 4.78 is 0. The lowest BCUT2D eigenvalue weighted by Gasteiger charge is -2.14. The number of H-pyrrole nitrogens is 1. The van der Waals surface area contributed by atoms with Gasteiger partial charge in [-0.2, -0.15) is 4.98 Å². The summed E-state index contributed by atoms with van der Waals surface area (Å²) in [6.45, 7) is 1.86. The fourth-order valence-corrected chi connectivity index (χ4v) is 2.59. The molecule has 0 spiro atoms.